The highest BCUT2D eigenvalue weighted by Gasteiger charge is 2.30. The number of carbonyl (C=O) groups excluding carboxylic acids is 1. The van der Waals surface area contributed by atoms with Crippen LogP contribution in [0.15, 0.2) is 24.3 Å². The minimum atomic E-state index is -4.42. The summed E-state index contributed by atoms with van der Waals surface area (Å²) in [6.45, 7) is 2.12. The molecule has 0 aromatic heterocycles. The molecule has 0 bridgehead atoms. The Labute approximate surface area is 97.6 Å². The number of carbonyl (C=O) groups is 1. The highest BCUT2D eigenvalue weighted by Crippen LogP contribution is 2.29. The molecule has 0 aliphatic carbocycles. The van der Waals surface area contributed by atoms with Gasteiger partial charge in [-0.05, 0) is 24.6 Å². The van der Waals surface area contributed by atoms with E-state index in [9.17, 15) is 18.0 Å². The van der Waals surface area contributed by atoms with Gasteiger partial charge in [0.05, 0.1) is 5.56 Å². The van der Waals surface area contributed by atoms with E-state index in [-0.39, 0.29) is 23.7 Å². The molecular weight excluding hydrogens is 231 g/mol. The van der Waals surface area contributed by atoms with Gasteiger partial charge in [0, 0.05) is 12.0 Å². The molecule has 0 saturated heterocycles. The fourth-order valence-corrected chi connectivity index (χ4v) is 1.39. The van der Waals surface area contributed by atoms with Gasteiger partial charge in [-0.2, -0.15) is 13.2 Å². The Morgan fingerprint density at radius 2 is 2.06 bits per heavy atom. The van der Waals surface area contributed by atoms with Crippen molar-refractivity contribution in [3.63, 3.8) is 0 Å². The monoisotopic (exact) mass is 245 g/mol. The maximum atomic E-state index is 12.4. The Balaban J connectivity index is 2.89. The molecule has 2 N–H and O–H groups in total. The van der Waals surface area contributed by atoms with E-state index in [4.69, 9.17) is 5.73 Å². The first-order chi connectivity index (χ1) is 7.84. The SMILES string of the molecule is CC(CN)CC(=O)c1cccc(C(F)(F)F)c1. The second-order valence-corrected chi connectivity index (χ2v) is 4.05. The zero-order valence-corrected chi connectivity index (χ0v) is 9.42. The van der Waals surface area contributed by atoms with Gasteiger partial charge in [-0.25, -0.2) is 0 Å². The largest absolute Gasteiger partial charge is 0.416 e. The third kappa shape index (κ3) is 3.85. The molecule has 0 spiro atoms. The molecule has 0 amide bonds. The number of hydrogen-bond acceptors (Lipinski definition) is 2. The van der Waals surface area contributed by atoms with Crippen LogP contribution in [0.3, 0.4) is 0 Å². The van der Waals surface area contributed by atoms with Crippen LogP contribution in [0, 0.1) is 5.92 Å². The van der Waals surface area contributed by atoms with Gasteiger partial charge in [0.15, 0.2) is 5.78 Å². The summed E-state index contributed by atoms with van der Waals surface area (Å²) >= 11 is 0. The molecule has 17 heavy (non-hydrogen) atoms. The van der Waals surface area contributed by atoms with Gasteiger partial charge in [-0.1, -0.05) is 19.1 Å². The predicted molar refractivity (Wildman–Crippen MR) is 58.6 cm³/mol. The molecule has 1 aromatic carbocycles. The molecule has 1 unspecified atom stereocenters. The van der Waals surface area contributed by atoms with Gasteiger partial charge in [0.2, 0.25) is 0 Å². The minimum absolute atomic E-state index is 0.0305. The summed E-state index contributed by atoms with van der Waals surface area (Å²) in [5.74, 6) is -0.342. The van der Waals surface area contributed by atoms with Crippen molar-refractivity contribution in [3.8, 4) is 0 Å². The summed E-state index contributed by atoms with van der Waals surface area (Å²) in [6.07, 6.45) is -4.26. The van der Waals surface area contributed by atoms with Crippen molar-refractivity contribution in [2.75, 3.05) is 6.54 Å². The second kappa shape index (κ2) is 5.31. The summed E-state index contributed by atoms with van der Waals surface area (Å²) in [4.78, 5) is 11.7. The fraction of sp³-hybridized carbons (Fsp3) is 0.417. The van der Waals surface area contributed by atoms with E-state index < -0.39 is 11.7 Å². The van der Waals surface area contributed by atoms with E-state index >= 15 is 0 Å². The first kappa shape index (κ1) is 13.7. The molecule has 0 saturated carbocycles. The van der Waals surface area contributed by atoms with Crippen molar-refractivity contribution in [3.05, 3.63) is 35.4 Å². The molecule has 1 atom stereocenters. The Kier molecular flexibility index (Phi) is 4.28. The zero-order valence-electron chi connectivity index (χ0n) is 9.42. The maximum Gasteiger partial charge on any atom is 0.416 e. The molecule has 0 aliphatic heterocycles. The lowest BCUT2D eigenvalue weighted by atomic mass is 9.98. The van der Waals surface area contributed by atoms with Crippen LogP contribution in [0.2, 0.25) is 0 Å². The van der Waals surface area contributed by atoms with Crippen molar-refractivity contribution in [1.29, 1.82) is 0 Å². The van der Waals surface area contributed by atoms with Crippen LogP contribution in [0.5, 0.6) is 0 Å². The first-order valence-corrected chi connectivity index (χ1v) is 5.25. The number of alkyl halides is 3. The highest BCUT2D eigenvalue weighted by atomic mass is 19.4. The molecule has 0 aliphatic rings. The lowest BCUT2D eigenvalue weighted by Crippen LogP contribution is -2.15. The second-order valence-electron chi connectivity index (χ2n) is 4.05. The molecule has 1 rings (SSSR count). The number of hydrogen-bond donors (Lipinski definition) is 1. The maximum absolute atomic E-state index is 12.4. The molecule has 1 aromatic rings. The third-order valence-corrected chi connectivity index (χ3v) is 2.45. The van der Waals surface area contributed by atoms with E-state index in [0.717, 1.165) is 12.1 Å². The number of Topliss-reactive ketones (excluding diaryl/α,β-unsaturated/α-hetero) is 1. The molecule has 94 valence electrons. The summed E-state index contributed by atoms with van der Waals surface area (Å²) in [7, 11) is 0. The van der Waals surface area contributed by atoms with Crippen LogP contribution in [-0.4, -0.2) is 12.3 Å². The Hall–Kier alpha value is -1.36. The quantitative estimate of drug-likeness (QED) is 0.829. The van der Waals surface area contributed by atoms with Crippen LogP contribution in [0.1, 0.15) is 29.3 Å². The zero-order chi connectivity index (χ0) is 13.1. The van der Waals surface area contributed by atoms with Crippen molar-refractivity contribution in [2.45, 2.75) is 19.5 Å². The summed E-state index contributed by atoms with van der Waals surface area (Å²) in [6, 6.07) is 4.46. The molecule has 0 heterocycles. The summed E-state index contributed by atoms with van der Waals surface area (Å²) < 4.78 is 37.3. The first-order valence-electron chi connectivity index (χ1n) is 5.25. The van der Waals surface area contributed by atoms with Crippen molar-refractivity contribution < 1.29 is 18.0 Å². The number of ketones is 1. The van der Waals surface area contributed by atoms with Crippen molar-refractivity contribution >= 4 is 5.78 Å². The lowest BCUT2D eigenvalue weighted by Gasteiger charge is -2.10. The van der Waals surface area contributed by atoms with Gasteiger partial charge >= 0.3 is 6.18 Å². The van der Waals surface area contributed by atoms with Gasteiger partial charge < -0.3 is 5.73 Å². The standard InChI is InChI=1S/C12H14F3NO/c1-8(7-16)5-11(17)9-3-2-4-10(6-9)12(13,14)15/h2-4,6,8H,5,7,16H2,1H3. The highest BCUT2D eigenvalue weighted by molar-refractivity contribution is 5.96. The molecule has 5 heteroatoms. The minimum Gasteiger partial charge on any atom is -0.330 e. The molecule has 0 radical (unpaired) electrons. The smallest absolute Gasteiger partial charge is 0.330 e. The number of halogens is 3. The van der Waals surface area contributed by atoms with E-state index in [2.05, 4.69) is 0 Å². The third-order valence-electron chi connectivity index (χ3n) is 2.45. The van der Waals surface area contributed by atoms with Crippen LogP contribution in [0.4, 0.5) is 13.2 Å². The van der Waals surface area contributed by atoms with Crippen LogP contribution >= 0.6 is 0 Å². The number of nitrogens with two attached hydrogens (primary N) is 1. The normalized spacial score (nSPS) is 13.5. The van der Waals surface area contributed by atoms with Crippen LogP contribution in [-0.2, 0) is 6.18 Å². The predicted octanol–water partition coefficient (Wildman–Crippen LogP) is 2.87. The lowest BCUT2D eigenvalue weighted by molar-refractivity contribution is -0.137. The van der Waals surface area contributed by atoms with Crippen molar-refractivity contribution in [1.82, 2.24) is 0 Å². The van der Waals surface area contributed by atoms with Gasteiger partial charge in [0.1, 0.15) is 0 Å². The Morgan fingerprint density at radius 3 is 2.59 bits per heavy atom. The fourth-order valence-electron chi connectivity index (χ4n) is 1.39. The average molecular weight is 245 g/mol. The Morgan fingerprint density at radius 1 is 1.41 bits per heavy atom. The van der Waals surface area contributed by atoms with Gasteiger partial charge in [-0.15, -0.1) is 0 Å². The van der Waals surface area contributed by atoms with E-state index in [1.165, 1.54) is 12.1 Å². The summed E-state index contributed by atoms with van der Waals surface area (Å²) in [5.41, 5.74) is 4.65. The van der Waals surface area contributed by atoms with Crippen molar-refractivity contribution in [2.24, 2.45) is 11.7 Å². The van der Waals surface area contributed by atoms with Crippen LogP contribution in [0.25, 0.3) is 0 Å². The topological polar surface area (TPSA) is 43.1 Å². The number of benzene rings is 1. The Bertz CT molecular complexity index is 401. The average Bonchev–Trinajstić information content (AvgIpc) is 2.28. The van der Waals surface area contributed by atoms with Gasteiger partial charge in [-0.3, -0.25) is 4.79 Å². The molecule has 0 fully saturated rings. The summed E-state index contributed by atoms with van der Waals surface area (Å²) in [5, 5.41) is 0. The van der Waals surface area contributed by atoms with Gasteiger partial charge in [0.25, 0.3) is 0 Å². The van der Waals surface area contributed by atoms with Crippen LogP contribution < -0.4 is 5.73 Å². The van der Waals surface area contributed by atoms with E-state index in [0.29, 0.717) is 6.54 Å². The molecule has 2 nitrogen and oxygen atoms in total. The number of rotatable bonds is 4. The van der Waals surface area contributed by atoms with E-state index in [1.54, 1.807) is 6.92 Å². The molecular formula is C12H14F3NO. The van der Waals surface area contributed by atoms with E-state index in [1.807, 2.05) is 0 Å².